The van der Waals surface area contributed by atoms with Crippen molar-refractivity contribution in [3.05, 3.63) is 101 Å². The first-order chi connectivity index (χ1) is 13.2. The first-order valence-corrected chi connectivity index (χ1v) is 9.14. The number of carbonyl (C=O) groups is 1. The van der Waals surface area contributed by atoms with Gasteiger partial charge in [0.05, 0.1) is 0 Å². The lowest BCUT2D eigenvalue weighted by molar-refractivity contribution is 0.102. The molecule has 1 amide bonds. The summed E-state index contributed by atoms with van der Waals surface area (Å²) in [5, 5.41) is 6.33. The molecule has 4 rings (SSSR count). The topological polar surface area (TPSA) is 41.1 Å². The van der Waals surface area contributed by atoms with Crippen LogP contribution in [0.2, 0.25) is 0 Å². The molecule has 3 aromatic carbocycles. The molecule has 0 aliphatic heterocycles. The van der Waals surface area contributed by atoms with Crippen LogP contribution in [-0.4, -0.2) is 11.9 Å². The summed E-state index contributed by atoms with van der Waals surface area (Å²) in [5.41, 5.74) is 3.35. The Kier molecular flexibility index (Phi) is 4.99. The summed E-state index contributed by atoms with van der Waals surface area (Å²) >= 11 is 0. The Labute approximate surface area is 158 Å². The van der Waals surface area contributed by atoms with Crippen LogP contribution in [0.5, 0.6) is 0 Å². The molecule has 1 aliphatic carbocycles. The molecule has 0 heterocycles. The number of carbonyl (C=O) groups excluding carboxylic acids is 1. The molecular weight excluding hydrogens is 339 g/mol. The summed E-state index contributed by atoms with van der Waals surface area (Å²) < 4.78 is 13.7. The predicted octanol–water partition coefficient (Wildman–Crippen LogP) is 4.72. The Balaban J connectivity index is 1.31. The van der Waals surface area contributed by atoms with Crippen molar-refractivity contribution in [2.45, 2.75) is 24.9 Å². The third-order valence-electron chi connectivity index (χ3n) is 4.94. The van der Waals surface area contributed by atoms with Gasteiger partial charge in [-0.15, -0.1) is 0 Å². The van der Waals surface area contributed by atoms with Crippen molar-refractivity contribution in [1.82, 2.24) is 5.32 Å². The molecule has 1 saturated carbocycles. The Bertz CT molecular complexity index is 925. The number of rotatable bonds is 6. The fourth-order valence-electron chi connectivity index (χ4n) is 3.28. The lowest BCUT2D eigenvalue weighted by atomic mass is 10.1. The molecule has 136 valence electrons. The predicted molar refractivity (Wildman–Crippen MR) is 105 cm³/mol. The van der Waals surface area contributed by atoms with Gasteiger partial charge in [0.15, 0.2) is 0 Å². The highest BCUT2D eigenvalue weighted by Gasteiger charge is 2.37. The zero-order chi connectivity index (χ0) is 18.6. The summed E-state index contributed by atoms with van der Waals surface area (Å²) in [6.07, 6.45) is 1.05. The van der Waals surface area contributed by atoms with E-state index in [2.05, 4.69) is 22.8 Å². The van der Waals surface area contributed by atoms with Crippen LogP contribution in [0.1, 0.15) is 33.8 Å². The van der Waals surface area contributed by atoms with Crippen LogP contribution in [0.15, 0.2) is 78.9 Å². The van der Waals surface area contributed by atoms with Crippen LogP contribution in [0.4, 0.5) is 10.1 Å². The van der Waals surface area contributed by atoms with Crippen LogP contribution in [0, 0.1) is 5.82 Å². The highest BCUT2D eigenvalue weighted by Crippen LogP contribution is 2.41. The Morgan fingerprint density at radius 3 is 2.37 bits per heavy atom. The van der Waals surface area contributed by atoms with Crippen molar-refractivity contribution in [2.75, 3.05) is 5.32 Å². The first-order valence-electron chi connectivity index (χ1n) is 9.14. The molecule has 3 aromatic rings. The van der Waals surface area contributed by atoms with Crippen LogP contribution in [-0.2, 0) is 6.54 Å². The van der Waals surface area contributed by atoms with Gasteiger partial charge in [-0.2, -0.15) is 0 Å². The van der Waals surface area contributed by atoms with Gasteiger partial charge in [0.2, 0.25) is 0 Å². The molecule has 1 aliphatic rings. The molecule has 0 spiro atoms. The van der Waals surface area contributed by atoms with Crippen molar-refractivity contribution in [1.29, 1.82) is 0 Å². The van der Waals surface area contributed by atoms with E-state index < -0.39 is 0 Å². The second kappa shape index (κ2) is 7.72. The molecule has 2 N–H and O–H groups in total. The molecule has 0 bridgehead atoms. The molecule has 0 radical (unpaired) electrons. The highest BCUT2D eigenvalue weighted by molar-refractivity contribution is 6.04. The molecular formula is C23H21FN2O. The minimum absolute atomic E-state index is 0.112. The molecule has 2 atom stereocenters. The van der Waals surface area contributed by atoms with Gasteiger partial charge in [-0.05, 0) is 42.3 Å². The molecule has 4 heteroatoms. The maximum absolute atomic E-state index is 13.7. The zero-order valence-electron chi connectivity index (χ0n) is 14.9. The minimum atomic E-state index is -0.166. The Morgan fingerprint density at radius 1 is 0.926 bits per heavy atom. The maximum atomic E-state index is 13.7. The summed E-state index contributed by atoms with van der Waals surface area (Å²) in [6.45, 7) is 0.541. The number of hydrogen-bond acceptors (Lipinski definition) is 2. The van der Waals surface area contributed by atoms with Crippen LogP contribution >= 0.6 is 0 Å². The Hall–Kier alpha value is -2.98. The molecule has 27 heavy (non-hydrogen) atoms. The van der Waals surface area contributed by atoms with E-state index >= 15 is 0 Å². The minimum Gasteiger partial charge on any atom is -0.322 e. The van der Waals surface area contributed by atoms with Crippen LogP contribution < -0.4 is 10.6 Å². The third-order valence-corrected chi connectivity index (χ3v) is 4.94. The van der Waals surface area contributed by atoms with E-state index in [9.17, 15) is 9.18 Å². The van der Waals surface area contributed by atoms with E-state index in [0.29, 0.717) is 29.6 Å². The van der Waals surface area contributed by atoms with Gasteiger partial charge in [0.25, 0.3) is 5.91 Å². The quantitative estimate of drug-likeness (QED) is 0.668. The number of nitrogens with one attached hydrogen (secondary N) is 2. The molecule has 0 aromatic heterocycles. The van der Waals surface area contributed by atoms with Gasteiger partial charge in [-0.3, -0.25) is 4.79 Å². The highest BCUT2D eigenvalue weighted by atomic mass is 19.1. The zero-order valence-corrected chi connectivity index (χ0v) is 14.9. The fourth-order valence-corrected chi connectivity index (χ4v) is 3.28. The second-order valence-electron chi connectivity index (χ2n) is 6.86. The van der Waals surface area contributed by atoms with Crippen molar-refractivity contribution < 1.29 is 9.18 Å². The summed E-state index contributed by atoms with van der Waals surface area (Å²) in [7, 11) is 0. The maximum Gasteiger partial charge on any atom is 0.255 e. The normalized spacial score (nSPS) is 18.1. The van der Waals surface area contributed by atoms with Gasteiger partial charge < -0.3 is 10.6 Å². The van der Waals surface area contributed by atoms with Crippen LogP contribution in [0.25, 0.3) is 0 Å². The summed E-state index contributed by atoms with van der Waals surface area (Å²) in [5.74, 6) is 0.163. The smallest absolute Gasteiger partial charge is 0.255 e. The van der Waals surface area contributed by atoms with Gasteiger partial charge >= 0.3 is 0 Å². The van der Waals surface area contributed by atoms with Crippen molar-refractivity contribution in [3.63, 3.8) is 0 Å². The molecule has 1 fully saturated rings. The number of anilines is 1. The van der Waals surface area contributed by atoms with E-state index in [1.165, 1.54) is 11.6 Å². The van der Waals surface area contributed by atoms with E-state index in [-0.39, 0.29) is 11.7 Å². The number of amides is 1. The summed E-state index contributed by atoms with van der Waals surface area (Å²) in [4.78, 5) is 12.2. The second-order valence-corrected chi connectivity index (χ2v) is 6.86. The lowest BCUT2D eigenvalue weighted by Gasteiger charge is -2.08. The van der Waals surface area contributed by atoms with Gasteiger partial charge in [-0.25, -0.2) is 4.39 Å². The van der Waals surface area contributed by atoms with E-state index in [4.69, 9.17) is 0 Å². The van der Waals surface area contributed by atoms with E-state index in [1.54, 1.807) is 18.2 Å². The number of halogens is 1. The number of benzene rings is 3. The molecule has 3 nitrogen and oxygen atoms in total. The van der Waals surface area contributed by atoms with Gasteiger partial charge in [0, 0.05) is 35.3 Å². The monoisotopic (exact) mass is 360 g/mol. The molecule has 0 unspecified atom stereocenters. The standard InChI is InChI=1S/C23H21FN2O/c24-21-9-5-4-8-18(21)15-25-22-14-20(22)16-10-12-19(13-11-16)26-23(27)17-6-2-1-3-7-17/h1-13,20,22,25H,14-15H2,(H,26,27)/t20-,22+/m0/s1. The first kappa shape index (κ1) is 17.4. The van der Waals surface area contributed by atoms with E-state index in [0.717, 1.165) is 12.1 Å². The largest absolute Gasteiger partial charge is 0.322 e. The third kappa shape index (κ3) is 4.23. The number of hydrogen-bond donors (Lipinski definition) is 2. The van der Waals surface area contributed by atoms with Gasteiger partial charge in [-0.1, -0.05) is 48.5 Å². The van der Waals surface area contributed by atoms with E-state index in [1.807, 2.05) is 42.5 Å². The van der Waals surface area contributed by atoms with Gasteiger partial charge in [0.1, 0.15) is 5.82 Å². The fraction of sp³-hybridized carbons (Fsp3) is 0.174. The van der Waals surface area contributed by atoms with Crippen molar-refractivity contribution in [3.8, 4) is 0 Å². The van der Waals surface area contributed by atoms with Crippen molar-refractivity contribution in [2.24, 2.45) is 0 Å². The molecule has 0 saturated heterocycles. The lowest BCUT2D eigenvalue weighted by Crippen LogP contribution is -2.18. The SMILES string of the molecule is O=C(Nc1ccc([C@@H]2C[C@H]2NCc2ccccc2F)cc1)c1ccccc1. The van der Waals surface area contributed by atoms with Crippen molar-refractivity contribution >= 4 is 11.6 Å². The van der Waals surface area contributed by atoms with Crippen LogP contribution in [0.3, 0.4) is 0 Å². The average Bonchev–Trinajstić information content (AvgIpc) is 3.48. The summed E-state index contributed by atoms with van der Waals surface area (Å²) in [6, 6.07) is 24.4. The Morgan fingerprint density at radius 2 is 1.63 bits per heavy atom. The average molecular weight is 360 g/mol.